The summed E-state index contributed by atoms with van der Waals surface area (Å²) in [6.07, 6.45) is 1.46. The number of carbonyl (C=O) groups is 1. The van der Waals surface area contributed by atoms with E-state index in [-0.39, 0.29) is 22.0 Å². The highest BCUT2D eigenvalue weighted by molar-refractivity contribution is 7.92. The van der Waals surface area contributed by atoms with Crippen molar-refractivity contribution in [3.05, 3.63) is 41.1 Å². The zero-order chi connectivity index (χ0) is 15.8. The second-order valence-corrected chi connectivity index (χ2v) is 6.13. The molecular formula is C13H14N2O5S. The van der Waals surface area contributed by atoms with Gasteiger partial charge in [-0.2, -0.15) is 0 Å². The number of carboxylic acid groups (broad SMARTS) is 1. The van der Waals surface area contributed by atoms with E-state index in [1.165, 1.54) is 26.1 Å². The van der Waals surface area contributed by atoms with Gasteiger partial charge in [-0.25, -0.2) is 13.2 Å². The molecule has 2 aromatic heterocycles. The first-order chi connectivity index (χ1) is 9.72. The van der Waals surface area contributed by atoms with Crippen LogP contribution in [0.4, 0.5) is 5.69 Å². The number of aryl methyl sites for hydroxylation is 3. The van der Waals surface area contributed by atoms with Gasteiger partial charge < -0.3 is 9.52 Å². The Kier molecular flexibility index (Phi) is 3.73. The molecule has 0 unspecified atom stereocenters. The predicted molar refractivity (Wildman–Crippen MR) is 74.9 cm³/mol. The number of hydrogen-bond acceptors (Lipinski definition) is 5. The molecule has 8 heteroatoms. The average Bonchev–Trinajstić information content (AvgIpc) is 2.64. The Balaban J connectivity index is 2.53. The zero-order valence-electron chi connectivity index (χ0n) is 11.7. The molecule has 21 heavy (non-hydrogen) atoms. The number of rotatable bonds is 4. The van der Waals surface area contributed by atoms with Crippen LogP contribution in [0.15, 0.2) is 27.6 Å². The molecule has 0 bridgehead atoms. The third kappa shape index (κ3) is 2.89. The fourth-order valence-electron chi connectivity index (χ4n) is 2.05. The van der Waals surface area contributed by atoms with Crippen molar-refractivity contribution in [2.45, 2.75) is 25.7 Å². The highest BCUT2D eigenvalue weighted by Gasteiger charge is 2.30. The number of pyridine rings is 1. The van der Waals surface area contributed by atoms with E-state index >= 15 is 0 Å². The molecule has 2 heterocycles. The standard InChI is InChI=1S/C13H14N2O5S/c1-7-6-10(4-5-14-7)15-21(18,19)12-9(3)20-8(2)11(12)13(16)17/h4-6H,1-3H3,(H,14,15)(H,16,17). The van der Waals surface area contributed by atoms with Gasteiger partial charge in [0, 0.05) is 11.9 Å². The number of sulfonamides is 1. The number of nitrogens with one attached hydrogen (secondary N) is 1. The van der Waals surface area contributed by atoms with Crippen molar-refractivity contribution in [2.24, 2.45) is 0 Å². The van der Waals surface area contributed by atoms with E-state index in [0.717, 1.165) is 0 Å². The Hall–Kier alpha value is -2.35. The first-order valence-corrected chi connectivity index (χ1v) is 7.49. The van der Waals surface area contributed by atoms with Crippen molar-refractivity contribution in [1.29, 1.82) is 0 Å². The number of carboxylic acids is 1. The summed E-state index contributed by atoms with van der Waals surface area (Å²) < 4.78 is 32.3. The Morgan fingerprint density at radius 2 is 1.95 bits per heavy atom. The predicted octanol–water partition coefficient (Wildman–Crippen LogP) is 2.10. The van der Waals surface area contributed by atoms with Gasteiger partial charge in [0.15, 0.2) is 0 Å². The second kappa shape index (κ2) is 5.21. The smallest absolute Gasteiger partial charge is 0.340 e. The molecule has 0 radical (unpaired) electrons. The van der Waals surface area contributed by atoms with E-state index in [4.69, 9.17) is 4.42 Å². The normalized spacial score (nSPS) is 11.4. The lowest BCUT2D eigenvalue weighted by molar-refractivity contribution is 0.0691. The maximum atomic E-state index is 12.4. The molecule has 0 atom stereocenters. The Bertz CT molecular complexity index is 808. The van der Waals surface area contributed by atoms with Gasteiger partial charge in [0.1, 0.15) is 22.0 Å². The molecule has 0 saturated carbocycles. The van der Waals surface area contributed by atoms with Gasteiger partial charge in [0.2, 0.25) is 0 Å². The fourth-order valence-corrected chi connectivity index (χ4v) is 3.51. The molecule has 0 aromatic carbocycles. The third-order valence-corrected chi connectivity index (χ3v) is 4.37. The molecular weight excluding hydrogens is 296 g/mol. The molecule has 2 rings (SSSR count). The van der Waals surface area contributed by atoms with Crippen LogP contribution < -0.4 is 4.72 Å². The molecule has 0 spiro atoms. The summed E-state index contributed by atoms with van der Waals surface area (Å²) in [6.45, 7) is 4.53. The Morgan fingerprint density at radius 1 is 1.29 bits per heavy atom. The number of hydrogen-bond donors (Lipinski definition) is 2. The van der Waals surface area contributed by atoms with Crippen molar-refractivity contribution in [3.8, 4) is 0 Å². The van der Waals surface area contributed by atoms with Gasteiger partial charge >= 0.3 is 5.97 Å². The van der Waals surface area contributed by atoms with Crippen LogP contribution in [0.25, 0.3) is 0 Å². The van der Waals surface area contributed by atoms with Crippen LogP contribution in [-0.2, 0) is 10.0 Å². The molecule has 0 amide bonds. The summed E-state index contributed by atoms with van der Waals surface area (Å²) in [5, 5.41) is 9.17. The van der Waals surface area contributed by atoms with Crippen LogP contribution in [0.5, 0.6) is 0 Å². The molecule has 112 valence electrons. The minimum Gasteiger partial charge on any atom is -0.478 e. The van der Waals surface area contributed by atoms with E-state index < -0.39 is 16.0 Å². The zero-order valence-corrected chi connectivity index (χ0v) is 12.5. The second-order valence-electron chi connectivity index (χ2n) is 4.52. The van der Waals surface area contributed by atoms with Crippen molar-refractivity contribution < 1.29 is 22.7 Å². The number of anilines is 1. The van der Waals surface area contributed by atoms with Crippen LogP contribution in [-0.4, -0.2) is 24.5 Å². The maximum Gasteiger partial charge on any atom is 0.340 e. The number of aromatic nitrogens is 1. The summed E-state index contributed by atoms with van der Waals surface area (Å²) in [5.41, 5.74) is 0.580. The fraction of sp³-hybridized carbons (Fsp3) is 0.231. The lowest BCUT2D eigenvalue weighted by Crippen LogP contribution is -2.17. The minimum absolute atomic E-state index is 0.0307. The van der Waals surface area contributed by atoms with Crippen molar-refractivity contribution >= 4 is 21.7 Å². The highest BCUT2D eigenvalue weighted by Crippen LogP contribution is 2.28. The number of aromatic carboxylic acids is 1. The summed E-state index contributed by atoms with van der Waals surface area (Å²) in [5.74, 6) is -1.27. The van der Waals surface area contributed by atoms with E-state index in [1.807, 2.05) is 0 Å². The first kappa shape index (κ1) is 15.0. The van der Waals surface area contributed by atoms with Gasteiger partial charge in [0.25, 0.3) is 10.0 Å². The van der Waals surface area contributed by atoms with Crippen LogP contribution in [0.3, 0.4) is 0 Å². The van der Waals surface area contributed by atoms with Gasteiger partial charge in [-0.1, -0.05) is 0 Å². The van der Waals surface area contributed by atoms with Gasteiger partial charge in [0.05, 0.1) is 5.69 Å². The number of furan rings is 1. The number of nitrogens with zero attached hydrogens (tertiary/aromatic N) is 1. The van der Waals surface area contributed by atoms with Crippen molar-refractivity contribution in [1.82, 2.24) is 4.98 Å². The summed E-state index contributed by atoms with van der Waals surface area (Å²) in [7, 11) is -4.07. The quantitative estimate of drug-likeness (QED) is 0.895. The average molecular weight is 310 g/mol. The van der Waals surface area contributed by atoms with Gasteiger partial charge in [-0.05, 0) is 32.9 Å². The lowest BCUT2D eigenvalue weighted by atomic mass is 10.2. The van der Waals surface area contributed by atoms with Crippen LogP contribution in [0.1, 0.15) is 27.6 Å². The van der Waals surface area contributed by atoms with Crippen LogP contribution in [0, 0.1) is 20.8 Å². The SMILES string of the molecule is Cc1cc(NS(=O)(=O)c2c(C)oc(C)c2C(=O)O)ccn1. The minimum atomic E-state index is -4.07. The van der Waals surface area contributed by atoms with E-state index in [0.29, 0.717) is 11.4 Å². The summed E-state index contributed by atoms with van der Waals surface area (Å²) in [6, 6.07) is 3.02. The third-order valence-electron chi connectivity index (χ3n) is 2.84. The molecule has 0 aliphatic carbocycles. The monoisotopic (exact) mass is 310 g/mol. The summed E-state index contributed by atoms with van der Waals surface area (Å²) >= 11 is 0. The van der Waals surface area contributed by atoms with Gasteiger partial charge in [-0.15, -0.1) is 0 Å². The Labute approximate surface area is 121 Å². The van der Waals surface area contributed by atoms with Crippen LogP contribution in [0.2, 0.25) is 0 Å². The lowest BCUT2D eigenvalue weighted by Gasteiger charge is -2.08. The van der Waals surface area contributed by atoms with E-state index in [2.05, 4.69) is 9.71 Å². The topological polar surface area (TPSA) is 110 Å². The molecule has 0 saturated heterocycles. The molecule has 0 aliphatic heterocycles. The molecule has 0 fully saturated rings. The van der Waals surface area contributed by atoms with Gasteiger partial charge in [-0.3, -0.25) is 9.71 Å². The maximum absolute atomic E-state index is 12.4. The van der Waals surface area contributed by atoms with E-state index in [9.17, 15) is 18.3 Å². The first-order valence-electron chi connectivity index (χ1n) is 6.01. The van der Waals surface area contributed by atoms with Crippen molar-refractivity contribution in [2.75, 3.05) is 4.72 Å². The van der Waals surface area contributed by atoms with E-state index in [1.54, 1.807) is 13.0 Å². The van der Waals surface area contributed by atoms with Crippen molar-refractivity contribution in [3.63, 3.8) is 0 Å². The molecule has 0 aliphatic rings. The highest BCUT2D eigenvalue weighted by atomic mass is 32.2. The molecule has 2 aromatic rings. The molecule has 7 nitrogen and oxygen atoms in total. The Morgan fingerprint density at radius 3 is 2.52 bits per heavy atom. The largest absolute Gasteiger partial charge is 0.478 e. The summed E-state index contributed by atoms with van der Waals surface area (Å²) in [4.78, 5) is 14.9. The van der Waals surface area contributed by atoms with Crippen LogP contribution >= 0.6 is 0 Å². The molecule has 2 N–H and O–H groups in total.